The van der Waals surface area contributed by atoms with Crippen LogP contribution < -0.4 is 19.1 Å². The fraction of sp³-hybridized carbons (Fsp3) is 0.533. The third kappa shape index (κ3) is 4.75. The Labute approximate surface area is 136 Å². The molecule has 2 rings (SSSR count). The maximum Gasteiger partial charge on any atom is 0.232 e. The number of sulfonamides is 1. The molecule has 0 aliphatic carbocycles. The summed E-state index contributed by atoms with van der Waals surface area (Å²) in [5.74, 6) is 1.28. The van der Waals surface area contributed by atoms with Gasteiger partial charge in [0.1, 0.15) is 0 Å². The first-order chi connectivity index (χ1) is 10.8. The molecule has 0 atom stereocenters. The monoisotopic (exact) mass is 342 g/mol. The van der Waals surface area contributed by atoms with Crippen LogP contribution in [0, 0.1) is 5.92 Å². The molecule has 23 heavy (non-hydrogen) atoms. The van der Waals surface area contributed by atoms with Crippen LogP contribution >= 0.6 is 0 Å². The predicted octanol–water partition coefficient (Wildman–Crippen LogP) is 1.34. The summed E-state index contributed by atoms with van der Waals surface area (Å²) in [7, 11) is -3.47. The van der Waals surface area contributed by atoms with E-state index in [-0.39, 0.29) is 31.7 Å². The molecule has 8 heteroatoms. The smallest absolute Gasteiger partial charge is 0.232 e. The van der Waals surface area contributed by atoms with Crippen molar-refractivity contribution in [1.82, 2.24) is 5.32 Å². The fourth-order valence-electron chi connectivity index (χ4n) is 2.27. The van der Waals surface area contributed by atoms with E-state index in [1.54, 1.807) is 18.2 Å². The van der Waals surface area contributed by atoms with Crippen LogP contribution in [-0.2, 0) is 14.8 Å². The number of amides is 1. The quantitative estimate of drug-likeness (QED) is 0.808. The highest BCUT2D eigenvalue weighted by molar-refractivity contribution is 7.92. The van der Waals surface area contributed by atoms with Gasteiger partial charge < -0.3 is 14.8 Å². The molecule has 1 heterocycles. The first-order valence-electron chi connectivity index (χ1n) is 7.41. The molecule has 0 unspecified atom stereocenters. The topological polar surface area (TPSA) is 84.9 Å². The van der Waals surface area contributed by atoms with Crippen molar-refractivity contribution in [3.63, 3.8) is 0 Å². The molecule has 128 valence electrons. The van der Waals surface area contributed by atoms with Gasteiger partial charge in [0.25, 0.3) is 0 Å². The zero-order chi connectivity index (χ0) is 17.0. The molecule has 0 radical (unpaired) electrons. The summed E-state index contributed by atoms with van der Waals surface area (Å²) in [5.41, 5.74) is 0.481. The van der Waals surface area contributed by atoms with Crippen molar-refractivity contribution in [3.8, 4) is 11.5 Å². The second-order valence-electron chi connectivity index (χ2n) is 5.82. The predicted molar refractivity (Wildman–Crippen MR) is 87.2 cm³/mol. The van der Waals surface area contributed by atoms with Crippen LogP contribution in [-0.4, -0.2) is 40.5 Å². The Bertz CT molecular complexity index is 672. The molecule has 0 saturated carbocycles. The van der Waals surface area contributed by atoms with Crippen LogP contribution in [0.5, 0.6) is 11.5 Å². The normalized spacial score (nSPS) is 13.2. The van der Waals surface area contributed by atoms with E-state index in [0.717, 1.165) is 6.26 Å². The van der Waals surface area contributed by atoms with E-state index in [1.165, 1.54) is 4.31 Å². The number of ether oxygens (including phenoxy) is 2. The molecule has 1 aliphatic heterocycles. The summed E-state index contributed by atoms with van der Waals surface area (Å²) < 4.78 is 35.8. The van der Waals surface area contributed by atoms with Crippen LogP contribution in [0.3, 0.4) is 0 Å². The molecule has 0 saturated heterocycles. The van der Waals surface area contributed by atoms with Crippen molar-refractivity contribution in [1.29, 1.82) is 0 Å². The third-order valence-corrected chi connectivity index (χ3v) is 4.47. The summed E-state index contributed by atoms with van der Waals surface area (Å²) >= 11 is 0. The first-order valence-corrected chi connectivity index (χ1v) is 9.26. The molecule has 1 aromatic rings. The Morgan fingerprint density at radius 1 is 1.30 bits per heavy atom. The van der Waals surface area contributed by atoms with Crippen LogP contribution in [0.15, 0.2) is 18.2 Å². The summed E-state index contributed by atoms with van der Waals surface area (Å²) in [6.07, 6.45) is 1.55. The van der Waals surface area contributed by atoms with Crippen molar-refractivity contribution in [2.24, 2.45) is 5.92 Å². The number of benzene rings is 1. The number of fused-ring (bicyclic) bond motifs is 1. The average Bonchev–Trinajstić information content (AvgIpc) is 2.88. The second kappa shape index (κ2) is 7.08. The Balaban J connectivity index is 2.05. The molecule has 1 amide bonds. The number of carbonyl (C=O) groups excluding carboxylic acids is 1. The van der Waals surface area contributed by atoms with Crippen LogP contribution in [0.2, 0.25) is 0 Å². The number of hydrogen-bond donors (Lipinski definition) is 1. The summed E-state index contributed by atoms with van der Waals surface area (Å²) in [6.45, 7) is 4.43. The highest BCUT2D eigenvalue weighted by Crippen LogP contribution is 2.35. The fourth-order valence-corrected chi connectivity index (χ4v) is 3.19. The van der Waals surface area contributed by atoms with E-state index in [9.17, 15) is 13.2 Å². The van der Waals surface area contributed by atoms with Gasteiger partial charge in [-0.15, -0.1) is 0 Å². The van der Waals surface area contributed by atoms with Crippen molar-refractivity contribution in [2.75, 3.05) is 30.4 Å². The van der Waals surface area contributed by atoms with Crippen molar-refractivity contribution < 1.29 is 22.7 Å². The van der Waals surface area contributed by atoms with Gasteiger partial charge in [0.2, 0.25) is 22.7 Å². The van der Waals surface area contributed by atoms with Gasteiger partial charge in [0.15, 0.2) is 11.5 Å². The Morgan fingerprint density at radius 3 is 2.65 bits per heavy atom. The van der Waals surface area contributed by atoms with E-state index in [4.69, 9.17) is 9.47 Å². The van der Waals surface area contributed by atoms with Gasteiger partial charge in [0, 0.05) is 19.0 Å². The number of nitrogens with zero attached hydrogens (tertiary/aromatic N) is 1. The minimum absolute atomic E-state index is 0.0841. The number of nitrogens with one attached hydrogen (secondary N) is 1. The first kappa shape index (κ1) is 17.4. The molecule has 0 aromatic heterocycles. The molecule has 1 aromatic carbocycles. The molecular formula is C15H22N2O5S. The van der Waals surface area contributed by atoms with Crippen LogP contribution in [0.25, 0.3) is 0 Å². The van der Waals surface area contributed by atoms with E-state index >= 15 is 0 Å². The SMILES string of the molecule is CC(C)CC(=O)NCCN(c1ccc2c(c1)OCO2)S(C)(=O)=O. The summed E-state index contributed by atoms with van der Waals surface area (Å²) in [5, 5.41) is 2.74. The number of rotatable bonds is 7. The van der Waals surface area contributed by atoms with Gasteiger partial charge >= 0.3 is 0 Å². The maximum atomic E-state index is 12.0. The average molecular weight is 342 g/mol. The van der Waals surface area contributed by atoms with Gasteiger partial charge in [-0.2, -0.15) is 0 Å². The summed E-state index contributed by atoms with van der Waals surface area (Å²) in [6, 6.07) is 4.96. The van der Waals surface area contributed by atoms with E-state index in [0.29, 0.717) is 23.6 Å². The lowest BCUT2D eigenvalue weighted by molar-refractivity contribution is -0.121. The van der Waals surface area contributed by atoms with Gasteiger partial charge in [-0.25, -0.2) is 8.42 Å². The van der Waals surface area contributed by atoms with E-state index in [1.807, 2.05) is 13.8 Å². The van der Waals surface area contributed by atoms with Crippen molar-refractivity contribution in [3.05, 3.63) is 18.2 Å². The van der Waals surface area contributed by atoms with Crippen LogP contribution in [0.1, 0.15) is 20.3 Å². The van der Waals surface area contributed by atoms with Gasteiger partial charge in [-0.3, -0.25) is 9.10 Å². The van der Waals surface area contributed by atoms with Gasteiger partial charge in [-0.1, -0.05) is 13.8 Å². The van der Waals surface area contributed by atoms with Crippen molar-refractivity contribution >= 4 is 21.6 Å². The number of carbonyl (C=O) groups is 1. The molecule has 7 nitrogen and oxygen atoms in total. The third-order valence-electron chi connectivity index (χ3n) is 3.28. The lowest BCUT2D eigenvalue weighted by atomic mass is 10.1. The van der Waals surface area contributed by atoms with E-state index < -0.39 is 10.0 Å². The largest absolute Gasteiger partial charge is 0.454 e. The molecular weight excluding hydrogens is 320 g/mol. The second-order valence-corrected chi connectivity index (χ2v) is 7.73. The molecule has 1 aliphatic rings. The van der Waals surface area contributed by atoms with Gasteiger partial charge in [0.05, 0.1) is 18.5 Å². The van der Waals surface area contributed by atoms with E-state index in [2.05, 4.69) is 5.32 Å². The standard InChI is InChI=1S/C15H22N2O5S/c1-11(2)8-15(18)16-6-7-17(23(3,19)20)12-4-5-13-14(9-12)22-10-21-13/h4-5,9,11H,6-8,10H2,1-3H3,(H,16,18). The van der Waals surface area contributed by atoms with Crippen LogP contribution in [0.4, 0.5) is 5.69 Å². The minimum atomic E-state index is -3.47. The Kier molecular flexibility index (Phi) is 5.35. The highest BCUT2D eigenvalue weighted by Gasteiger charge is 2.21. The lowest BCUT2D eigenvalue weighted by Gasteiger charge is -2.23. The zero-order valence-corrected chi connectivity index (χ0v) is 14.4. The molecule has 0 spiro atoms. The maximum absolute atomic E-state index is 12.0. The zero-order valence-electron chi connectivity index (χ0n) is 13.5. The number of anilines is 1. The minimum Gasteiger partial charge on any atom is -0.454 e. The summed E-state index contributed by atoms with van der Waals surface area (Å²) in [4.78, 5) is 11.7. The number of hydrogen-bond acceptors (Lipinski definition) is 5. The van der Waals surface area contributed by atoms with Gasteiger partial charge in [-0.05, 0) is 18.1 Å². The highest BCUT2D eigenvalue weighted by atomic mass is 32.2. The lowest BCUT2D eigenvalue weighted by Crippen LogP contribution is -2.38. The molecule has 0 fully saturated rings. The Morgan fingerprint density at radius 2 is 2.00 bits per heavy atom. The van der Waals surface area contributed by atoms with Crippen molar-refractivity contribution in [2.45, 2.75) is 20.3 Å². The molecule has 0 bridgehead atoms. The molecule has 1 N–H and O–H groups in total. The Hall–Kier alpha value is -1.96.